The molecule has 0 bridgehead atoms. The molecular formula is C15H21N5O2. The van der Waals surface area contributed by atoms with Crippen molar-refractivity contribution in [1.29, 1.82) is 0 Å². The van der Waals surface area contributed by atoms with Gasteiger partial charge in [0.1, 0.15) is 0 Å². The van der Waals surface area contributed by atoms with Crippen molar-refractivity contribution in [3.8, 4) is 0 Å². The van der Waals surface area contributed by atoms with E-state index in [1.807, 2.05) is 32.0 Å². The normalized spacial score (nSPS) is 18.4. The summed E-state index contributed by atoms with van der Waals surface area (Å²) in [5.74, 6) is 1.54. The number of carbonyl (C=O) groups excluding carboxylic acids is 1. The van der Waals surface area contributed by atoms with Crippen LogP contribution in [-0.2, 0) is 18.3 Å². The van der Waals surface area contributed by atoms with Crippen molar-refractivity contribution < 1.29 is 9.32 Å². The predicted molar refractivity (Wildman–Crippen MR) is 79.0 cm³/mol. The third kappa shape index (κ3) is 2.88. The summed E-state index contributed by atoms with van der Waals surface area (Å²) in [5, 5.41) is 8.17. The molecule has 7 heteroatoms. The Balaban J connectivity index is 1.73. The molecule has 2 aromatic heterocycles. The number of rotatable bonds is 4. The van der Waals surface area contributed by atoms with Crippen molar-refractivity contribution in [2.45, 2.75) is 45.1 Å². The van der Waals surface area contributed by atoms with Crippen LogP contribution < -0.4 is 0 Å². The van der Waals surface area contributed by atoms with Gasteiger partial charge in [-0.15, -0.1) is 0 Å². The molecule has 118 valence electrons. The maximum Gasteiger partial charge on any atom is 0.229 e. The molecule has 2 aromatic rings. The first-order chi connectivity index (χ1) is 10.5. The molecule has 1 aliphatic heterocycles. The molecule has 0 spiro atoms. The van der Waals surface area contributed by atoms with E-state index >= 15 is 0 Å². The van der Waals surface area contributed by atoms with E-state index in [1.54, 1.807) is 10.9 Å². The third-order valence-corrected chi connectivity index (χ3v) is 3.94. The van der Waals surface area contributed by atoms with Crippen LogP contribution in [0.4, 0.5) is 0 Å². The second-order valence-corrected chi connectivity index (χ2v) is 6.09. The number of likely N-dealkylation sites (tertiary alicyclic amines) is 1. The van der Waals surface area contributed by atoms with Crippen LogP contribution in [0.1, 0.15) is 55.9 Å². The minimum absolute atomic E-state index is 0.0691. The lowest BCUT2D eigenvalue weighted by Gasteiger charge is -2.21. The summed E-state index contributed by atoms with van der Waals surface area (Å²) in [4.78, 5) is 18.9. The van der Waals surface area contributed by atoms with Crippen molar-refractivity contribution in [3.05, 3.63) is 29.7 Å². The number of aryl methyl sites for hydroxylation is 1. The maximum atomic E-state index is 12.6. The van der Waals surface area contributed by atoms with Gasteiger partial charge >= 0.3 is 0 Å². The Bertz CT molecular complexity index is 660. The average molecular weight is 303 g/mol. The Kier molecular flexibility index (Phi) is 3.96. The largest absolute Gasteiger partial charge is 0.339 e. The maximum absolute atomic E-state index is 12.6. The molecule has 0 N–H and O–H groups in total. The lowest BCUT2D eigenvalue weighted by molar-refractivity contribution is -0.131. The molecule has 7 nitrogen and oxygen atoms in total. The van der Waals surface area contributed by atoms with Crippen molar-refractivity contribution in [2.24, 2.45) is 7.05 Å². The lowest BCUT2D eigenvalue weighted by atomic mass is 10.2. The minimum atomic E-state index is -0.0691. The minimum Gasteiger partial charge on any atom is -0.339 e. The van der Waals surface area contributed by atoms with E-state index in [1.165, 1.54) is 0 Å². The highest BCUT2D eigenvalue weighted by Crippen LogP contribution is 2.31. The van der Waals surface area contributed by atoms with Gasteiger partial charge in [-0.25, -0.2) is 0 Å². The van der Waals surface area contributed by atoms with Crippen LogP contribution in [0.3, 0.4) is 0 Å². The number of hydrogen-bond acceptors (Lipinski definition) is 5. The smallest absolute Gasteiger partial charge is 0.229 e. The predicted octanol–water partition coefficient (Wildman–Crippen LogP) is 1.83. The molecule has 3 rings (SSSR count). The molecule has 1 fully saturated rings. The highest BCUT2D eigenvalue weighted by atomic mass is 16.5. The van der Waals surface area contributed by atoms with E-state index in [4.69, 9.17) is 4.52 Å². The van der Waals surface area contributed by atoms with Gasteiger partial charge in [0.15, 0.2) is 5.82 Å². The zero-order valence-corrected chi connectivity index (χ0v) is 13.2. The summed E-state index contributed by atoms with van der Waals surface area (Å²) >= 11 is 0. The molecule has 0 radical (unpaired) electrons. The van der Waals surface area contributed by atoms with Crippen LogP contribution in [0.15, 0.2) is 16.9 Å². The monoisotopic (exact) mass is 303 g/mol. The van der Waals surface area contributed by atoms with Crippen LogP contribution in [0.5, 0.6) is 0 Å². The van der Waals surface area contributed by atoms with Crippen LogP contribution >= 0.6 is 0 Å². The third-order valence-electron chi connectivity index (χ3n) is 3.94. The summed E-state index contributed by atoms with van der Waals surface area (Å²) < 4.78 is 6.98. The number of aromatic nitrogens is 4. The van der Waals surface area contributed by atoms with Gasteiger partial charge in [0.25, 0.3) is 0 Å². The van der Waals surface area contributed by atoms with Crippen molar-refractivity contribution >= 4 is 5.91 Å². The van der Waals surface area contributed by atoms with Crippen LogP contribution in [-0.4, -0.2) is 37.3 Å². The number of hydrogen-bond donors (Lipinski definition) is 0. The standard InChI is InChI=1S/C15H21N5O2/c1-10(2)15-17-14(18-22-15)12-5-4-6-20(12)13(21)7-11-8-16-19(3)9-11/h8-10,12H,4-7H2,1-3H3/t12-/m0/s1. The van der Waals surface area contributed by atoms with E-state index in [0.717, 1.165) is 24.9 Å². The van der Waals surface area contributed by atoms with Crippen molar-refractivity contribution in [1.82, 2.24) is 24.8 Å². The molecular weight excluding hydrogens is 282 g/mol. The summed E-state index contributed by atoms with van der Waals surface area (Å²) in [6.45, 7) is 4.77. The second kappa shape index (κ2) is 5.90. The van der Waals surface area contributed by atoms with Gasteiger partial charge < -0.3 is 9.42 Å². The van der Waals surface area contributed by atoms with E-state index in [0.29, 0.717) is 18.1 Å². The number of carbonyl (C=O) groups is 1. The van der Waals surface area contributed by atoms with Crippen LogP contribution in [0.2, 0.25) is 0 Å². The van der Waals surface area contributed by atoms with Crippen molar-refractivity contribution in [2.75, 3.05) is 6.54 Å². The van der Waals surface area contributed by atoms with E-state index < -0.39 is 0 Å². The Morgan fingerprint density at radius 2 is 2.32 bits per heavy atom. The Morgan fingerprint density at radius 1 is 1.50 bits per heavy atom. The fraction of sp³-hybridized carbons (Fsp3) is 0.600. The first kappa shape index (κ1) is 14.7. The Hall–Kier alpha value is -2.18. The fourth-order valence-corrected chi connectivity index (χ4v) is 2.79. The van der Waals surface area contributed by atoms with E-state index in [2.05, 4.69) is 15.2 Å². The van der Waals surface area contributed by atoms with E-state index in [-0.39, 0.29) is 17.9 Å². The highest BCUT2D eigenvalue weighted by molar-refractivity contribution is 5.79. The molecule has 0 aromatic carbocycles. The Labute approximate surface area is 129 Å². The second-order valence-electron chi connectivity index (χ2n) is 6.09. The van der Waals surface area contributed by atoms with E-state index in [9.17, 15) is 4.79 Å². The van der Waals surface area contributed by atoms with Crippen molar-refractivity contribution in [3.63, 3.8) is 0 Å². The highest BCUT2D eigenvalue weighted by Gasteiger charge is 2.33. The number of amides is 1. The zero-order valence-electron chi connectivity index (χ0n) is 13.2. The fourth-order valence-electron chi connectivity index (χ4n) is 2.79. The molecule has 1 saturated heterocycles. The lowest BCUT2D eigenvalue weighted by Crippen LogP contribution is -2.32. The molecule has 0 unspecified atom stereocenters. The van der Waals surface area contributed by atoms with Gasteiger partial charge in [-0.2, -0.15) is 10.1 Å². The molecule has 1 aliphatic rings. The van der Waals surface area contributed by atoms with Gasteiger partial charge in [0.05, 0.1) is 18.7 Å². The summed E-state index contributed by atoms with van der Waals surface area (Å²) in [7, 11) is 1.85. The van der Waals surface area contributed by atoms with Gasteiger partial charge in [-0.05, 0) is 18.4 Å². The first-order valence-corrected chi connectivity index (χ1v) is 7.65. The summed E-state index contributed by atoms with van der Waals surface area (Å²) in [5.41, 5.74) is 0.925. The summed E-state index contributed by atoms with van der Waals surface area (Å²) in [6.07, 6.45) is 5.81. The van der Waals surface area contributed by atoms with Gasteiger partial charge in [-0.3, -0.25) is 9.48 Å². The van der Waals surface area contributed by atoms with Gasteiger partial charge in [0.2, 0.25) is 11.8 Å². The molecule has 0 saturated carbocycles. The molecule has 1 amide bonds. The molecule has 3 heterocycles. The topological polar surface area (TPSA) is 77.1 Å². The van der Waals surface area contributed by atoms with Gasteiger partial charge in [0, 0.05) is 25.7 Å². The quantitative estimate of drug-likeness (QED) is 0.861. The Morgan fingerprint density at radius 3 is 2.95 bits per heavy atom. The molecule has 22 heavy (non-hydrogen) atoms. The zero-order chi connectivity index (χ0) is 15.7. The average Bonchev–Trinajstić information content (AvgIpc) is 3.16. The van der Waals surface area contributed by atoms with Gasteiger partial charge in [-0.1, -0.05) is 19.0 Å². The van der Waals surface area contributed by atoms with Crippen LogP contribution in [0, 0.1) is 0 Å². The first-order valence-electron chi connectivity index (χ1n) is 7.65. The molecule has 0 aliphatic carbocycles. The molecule has 1 atom stereocenters. The SMILES string of the molecule is CC(C)c1nc([C@@H]2CCCN2C(=O)Cc2cnn(C)c2)no1. The number of nitrogens with zero attached hydrogens (tertiary/aromatic N) is 5. The summed E-state index contributed by atoms with van der Waals surface area (Å²) in [6, 6.07) is -0.0691. The van der Waals surface area contributed by atoms with Crippen LogP contribution in [0.25, 0.3) is 0 Å².